The van der Waals surface area contributed by atoms with Gasteiger partial charge in [-0.1, -0.05) is 18.2 Å². The van der Waals surface area contributed by atoms with Gasteiger partial charge in [-0.3, -0.25) is 0 Å². The first-order chi connectivity index (χ1) is 7.29. The molecule has 0 atom stereocenters. The summed E-state index contributed by atoms with van der Waals surface area (Å²) in [5, 5.41) is 0. The minimum atomic E-state index is 0. The van der Waals surface area contributed by atoms with Gasteiger partial charge in [0.15, 0.2) is 11.5 Å². The molecule has 0 spiro atoms. The van der Waals surface area contributed by atoms with Gasteiger partial charge in [0.1, 0.15) is 0 Å². The molecule has 1 aromatic carbocycles. The molecule has 2 rings (SSSR count). The van der Waals surface area contributed by atoms with Crippen molar-refractivity contribution in [2.24, 2.45) is 0 Å². The van der Waals surface area contributed by atoms with Crippen molar-refractivity contribution in [1.29, 1.82) is 0 Å². The summed E-state index contributed by atoms with van der Waals surface area (Å²) in [7, 11) is 0. The van der Waals surface area contributed by atoms with E-state index in [9.17, 15) is 0 Å². The highest BCUT2D eigenvalue weighted by Crippen LogP contribution is 2.43. The molecule has 0 amide bonds. The minimum Gasteiger partial charge on any atom is -0.489 e. The number of fused-ring (bicyclic) bond motifs is 1. The highest BCUT2D eigenvalue weighted by Gasteiger charge is 2.30. The van der Waals surface area contributed by atoms with Crippen LogP contribution in [0.1, 0.15) is 30.5 Å². The van der Waals surface area contributed by atoms with Gasteiger partial charge < -0.3 is 9.47 Å². The minimum absolute atomic E-state index is 0. The largest absolute Gasteiger partial charge is 0.489 e. The van der Waals surface area contributed by atoms with Crippen molar-refractivity contribution in [3.8, 4) is 0 Å². The molecular formula is C13H20O2Si. The van der Waals surface area contributed by atoms with Gasteiger partial charge >= 0.3 is 0 Å². The van der Waals surface area contributed by atoms with E-state index in [1.807, 2.05) is 13.8 Å². The molecule has 88 valence electrons. The second kappa shape index (κ2) is 5.21. The summed E-state index contributed by atoms with van der Waals surface area (Å²) in [6, 6.07) is 6.23. The zero-order valence-corrected chi connectivity index (χ0v) is 9.46. The fraction of sp³-hybridized carbons (Fsp3) is 0.385. The molecule has 0 bridgehead atoms. The number of rotatable bonds is 4. The number of benzene rings is 1. The summed E-state index contributed by atoms with van der Waals surface area (Å²) < 4.78 is 11.2. The van der Waals surface area contributed by atoms with Crippen LogP contribution in [0, 0.1) is 6.92 Å². The maximum atomic E-state index is 5.60. The number of aryl methyl sites for hydroxylation is 1. The van der Waals surface area contributed by atoms with Crippen LogP contribution >= 0.6 is 0 Å². The fourth-order valence-corrected chi connectivity index (χ4v) is 1.90. The highest BCUT2D eigenvalue weighted by molar-refractivity contribution is 5.99. The molecule has 0 heterocycles. The Kier molecular flexibility index (Phi) is 4.18. The highest BCUT2D eigenvalue weighted by atomic mass is 28.1. The van der Waals surface area contributed by atoms with Crippen LogP contribution in [0.25, 0.3) is 11.5 Å². The van der Waals surface area contributed by atoms with Gasteiger partial charge in [0, 0.05) is 11.1 Å². The second-order valence-electron chi connectivity index (χ2n) is 3.52. The monoisotopic (exact) mass is 236 g/mol. The lowest BCUT2D eigenvalue weighted by Crippen LogP contribution is -2.13. The summed E-state index contributed by atoms with van der Waals surface area (Å²) in [6.07, 6.45) is 0. The Labute approximate surface area is 101 Å². The molecule has 0 aliphatic heterocycles. The number of hydrogen-bond acceptors (Lipinski definition) is 2. The molecule has 16 heavy (non-hydrogen) atoms. The van der Waals surface area contributed by atoms with Crippen LogP contribution in [0.5, 0.6) is 0 Å². The van der Waals surface area contributed by atoms with Gasteiger partial charge in [-0.05, 0) is 37.3 Å². The first-order valence-corrected chi connectivity index (χ1v) is 5.39. The van der Waals surface area contributed by atoms with E-state index >= 15 is 0 Å². The Bertz CT molecular complexity index is 410. The maximum absolute atomic E-state index is 5.60. The lowest BCUT2D eigenvalue weighted by atomic mass is 9.89. The van der Waals surface area contributed by atoms with Crippen molar-refractivity contribution < 1.29 is 9.47 Å². The standard InChI is InChI=1S/C13H16O2.H4Si/c1-4-14-12-10-8-6-7-9(3)11(10)13(12)15-5-2;/h6-8H,4-5H2,1-3H3;1H4. The smallest absolute Gasteiger partial charge is 0.170 e. The van der Waals surface area contributed by atoms with Crippen LogP contribution in [-0.4, -0.2) is 24.2 Å². The predicted octanol–water partition coefficient (Wildman–Crippen LogP) is 1.76. The van der Waals surface area contributed by atoms with Gasteiger partial charge in [0.25, 0.3) is 0 Å². The van der Waals surface area contributed by atoms with E-state index in [2.05, 4.69) is 25.1 Å². The average Bonchev–Trinajstić information content (AvgIpc) is 2.23. The average molecular weight is 236 g/mol. The summed E-state index contributed by atoms with van der Waals surface area (Å²) in [5.41, 5.74) is 3.64. The van der Waals surface area contributed by atoms with Crippen molar-refractivity contribution >= 4 is 22.5 Å². The SMILES string of the molecule is CCOC1=C(OCC)c2c(C)cccc21.[SiH4]. The van der Waals surface area contributed by atoms with Crippen molar-refractivity contribution in [3.05, 3.63) is 34.9 Å². The summed E-state index contributed by atoms with van der Waals surface area (Å²) in [4.78, 5) is 0. The molecular weight excluding hydrogens is 216 g/mol. The van der Waals surface area contributed by atoms with Crippen molar-refractivity contribution in [1.82, 2.24) is 0 Å². The van der Waals surface area contributed by atoms with Crippen LogP contribution in [-0.2, 0) is 9.47 Å². The molecule has 0 N–H and O–H groups in total. The third-order valence-corrected chi connectivity index (χ3v) is 2.53. The normalized spacial score (nSPS) is 12.4. The van der Waals surface area contributed by atoms with E-state index in [1.165, 1.54) is 16.7 Å². The lowest BCUT2D eigenvalue weighted by molar-refractivity contribution is 0.253. The molecule has 1 aromatic rings. The molecule has 0 fully saturated rings. The van der Waals surface area contributed by atoms with E-state index in [-0.39, 0.29) is 11.0 Å². The van der Waals surface area contributed by atoms with E-state index in [0.717, 1.165) is 11.5 Å². The Morgan fingerprint density at radius 2 is 1.62 bits per heavy atom. The molecule has 2 nitrogen and oxygen atoms in total. The Morgan fingerprint density at radius 3 is 2.25 bits per heavy atom. The van der Waals surface area contributed by atoms with E-state index in [4.69, 9.17) is 9.47 Å². The fourth-order valence-electron chi connectivity index (χ4n) is 1.90. The summed E-state index contributed by atoms with van der Waals surface area (Å²) in [5.74, 6) is 1.84. The van der Waals surface area contributed by atoms with Crippen LogP contribution in [0.15, 0.2) is 18.2 Å². The number of hydrogen-bond donors (Lipinski definition) is 0. The van der Waals surface area contributed by atoms with Gasteiger partial charge in [0.2, 0.25) is 0 Å². The molecule has 0 saturated heterocycles. The van der Waals surface area contributed by atoms with Gasteiger partial charge in [-0.15, -0.1) is 0 Å². The number of ether oxygens (including phenoxy) is 2. The predicted molar refractivity (Wildman–Crippen MR) is 72.6 cm³/mol. The molecule has 3 heteroatoms. The summed E-state index contributed by atoms with van der Waals surface area (Å²) >= 11 is 0. The van der Waals surface area contributed by atoms with Gasteiger partial charge in [0.05, 0.1) is 13.2 Å². The molecule has 0 unspecified atom stereocenters. The summed E-state index contributed by atoms with van der Waals surface area (Å²) in [6.45, 7) is 7.44. The van der Waals surface area contributed by atoms with Crippen LogP contribution in [0.4, 0.5) is 0 Å². The topological polar surface area (TPSA) is 18.5 Å². The molecule has 0 aromatic heterocycles. The molecule has 0 saturated carbocycles. The first kappa shape index (κ1) is 12.8. The maximum Gasteiger partial charge on any atom is 0.170 e. The Morgan fingerprint density at radius 1 is 1.00 bits per heavy atom. The van der Waals surface area contributed by atoms with Crippen LogP contribution in [0.3, 0.4) is 0 Å². The first-order valence-electron chi connectivity index (χ1n) is 5.39. The quantitative estimate of drug-likeness (QED) is 0.742. The van der Waals surface area contributed by atoms with Crippen molar-refractivity contribution in [2.75, 3.05) is 13.2 Å². The van der Waals surface area contributed by atoms with Gasteiger partial charge in [-0.2, -0.15) is 0 Å². The van der Waals surface area contributed by atoms with Crippen LogP contribution in [0.2, 0.25) is 0 Å². The molecule has 0 radical (unpaired) electrons. The van der Waals surface area contributed by atoms with E-state index in [1.54, 1.807) is 0 Å². The van der Waals surface area contributed by atoms with E-state index < -0.39 is 0 Å². The zero-order valence-electron chi connectivity index (χ0n) is 9.46. The van der Waals surface area contributed by atoms with E-state index in [0.29, 0.717) is 13.2 Å². The third-order valence-electron chi connectivity index (χ3n) is 2.53. The zero-order chi connectivity index (χ0) is 10.8. The Balaban J connectivity index is 0.00000128. The lowest BCUT2D eigenvalue weighted by Gasteiger charge is -2.28. The third kappa shape index (κ3) is 1.87. The van der Waals surface area contributed by atoms with Gasteiger partial charge in [-0.25, -0.2) is 0 Å². The molecule has 1 aliphatic carbocycles. The van der Waals surface area contributed by atoms with Crippen LogP contribution < -0.4 is 0 Å². The van der Waals surface area contributed by atoms with Crippen molar-refractivity contribution in [3.63, 3.8) is 0 Å². The second-order valence-corrected chi connectivity index (χ2v) is 3.52. The van der Waals surface area contributed by atoms with Crippen molar-refractivity contribution in [2.45, 2.75) is 20.8 Å². The Hall–Kier alpha value is -1.22. The molecule has 1 aliphatic rings.